The van der Waals surface area contributed by atoms with Crippen molar-refractivity contribution in [2.75, 3.05) is 12.8 Å². The fourth-order valence-corrected chi connectivity index (χ4v) is 4.54. The van der Waals surface area contributed by atoms with Gasteiger partial charge in [-0.25, -0.2) is 0 Å². The fraction of sp³-hybridized carbons (Fsp3) is 0.174. The molecule has 1 N–H and O–H groups in total. The summed E-state index contributed by atoms with van der Waals surface area (Å²) in [4.78, 5) is 19.9. The van der Waals surface area contributed by atoms with E-state index in [1.165, 1.54) is 15.8 Å². The Labute approximate surface area is 167 Å². The van der Waals surface area contributed by atoms with Crippen LogP contribution in [0.15, 0.2) is 76.2 Å². The van der Waals surface area contributed by atoms with Crippen LogP contribution in [0.25, 0.3) is 10.9 Å². The zero-order chi connectivity index (χ0) is 19.1. The molecule has 0 saturated carbocycles. The lowest BCUT2D eigenvalue weighted by Gasteiger charge is -2.35. The highest BCUT2D eigenvalue weighted by atomic mass is 32.2. The molecule has 5 rings (SSSR count). The number of nitrogens with zero attached hydrogens (tertiary/aromatic N) is 1. The Bertz CT molecular complexity index is 1130. The Hall–Kier alpha value is -2.92. The number of carbonyl (C=O) groups is 1. The van der Waals surface area contributed by atoms with Gasteiger partial charge >= 0.3 is 0 Å². The van der Waals surface area contributed by atoms with Gasteiger partial charge in [0, 0.05) is 28.0 Å². The highest BCUT2D eigenvalue weighted by Gasteiger charge is 2.35. The average molecular weight is 388 g/mol. The van der Waals surface area contributed by atoms with Crippen molar-refractivity contribution in [1.29, 1.82) is 0 Å². The minimum absolute atomic E-state index is 0.0757. The number of para-hydroxylation sites is 1. The van der Waals surface area contributed by atoms with Gasteiger partial charge < -0.3 is 14.3 Å². The number of H-pyrrole nitrogens is 1. The first-order valence-electron chi connectivity index (χ1n) is 9.34. The van der Waals surface area contributed by atoms with Crippen LogP contribution in [0.1, 0.15) is 33.4 Å². The fourth-order valence-electron chi connectivity index (χ4n) is 4.13. The number of rotatable bonds is 3. The standard InChI is InChI=1S/C23H20N2O2S/c1-28-16-10-8-15(9-11-16)22-21-18(17-5-2-3-6-19(17)24-21)12-13-25(22)23(26)20-7-4-14-27-20/h2-11,14,22,24H,12-13H2,1H3/t22-/m1/s1. The zero-order valence-electron chi connectivity index (χ0n) is 15.5. The first-order chi connectivity index (χ1) is 13.8. The van der Waals surface area contributed by atoms with E-state index in [1.807, 2.05) is 11.0 Å². The van der Waals surface area contributed by atoms with Crippen molar-refractivity contribution in [3.63, 3.8) is 0 Å². The van der Waals surface area contributed by atoms with Crippen molar-refractivity contribution in [2.24, 2.45) is 0 Å². The summed E-state index contributed by atoms with van der Waals surface area (Å²) in [5, 5.41) is 1.24. The van der Waals surface area contributed by atoms with E-state index in [-0.39, 0.29) is 11.9 Å². The van der Waals surface area contributed by atoms with Crippen LogP contribution in [0.5, 0.6) is 0 Å². The predicted octanol–water partition coefficient (Wildman–Crippen LogP) is 5.27. The average Bonchev–Trinajstić information content (AvgIpc) is 3.40. The molecule has 0 unspecified atom stereocenters. The topological polar surface area (TPSA) is 49.2 Å². The van der Waals surface area contributed by atoms with Crippen molar-refractivity contribution >= 4 is 28.6 Å². The molecule has 0 aliphatic carbocycles. The smallest absolute Gasteiger partial charge is 0.290 e. The van der Waals surface area contributed by atoms with E-state index in [0.717, 1.165) is 23.2 Å². The SMILES string of the molecule is CSc1ccc([C@@H]2c3[nH]c4ccccc4c3CCN2C(=O)c2ccco2)cc1. The Balaban J connectivity index is 1.66. The number of furan rings is 1. The maximum atomic E-state index is 13.2. The van der Waals surface area contributed by atoms with E-state index in [1.54, 1.807) is 30.2 Å². The molecule has 5 heteroatoms. The quantitative estimate of drug-likeness (QED) is 0.486. The van der Waals surface area contributed by atoms with Gasteiger partial charge in [0.2, 0.25) is 0 Å². The molecule has 1 aliphatic rings. The summed E-state index contributed by atoms with van der Waals surface area (Å²) >= 11 is 1.72. The molecule has 1 amide bonds. The van der Waals surface area contributed by atoms with Crippen LogP contribution in [0.3, 0.4) is 0 Å². The van der Waals surface area contributed by atoms with E-state index in [9.17, 15) is 4.79 Å². The van der Waals surface area contributed by atoms with Crippen LogP contribution in [0.2, 0.25) is 0 Å². The number of carbonyl (C=O) groups excluding carboxylic acids is 1. The second-order valence-corrected chi connectivity index (χ2v) is 7.84. The molecule has 1 atom stereocenters. The summed E-state index contributed by atoms with van der Waals surface area (Å²) < 4.78 is 5.41. The summed E-state index contributed by atoms with van der Waals surface area (Å²) in [6, 6.07) is 20.2. The second kappa shape index (κ2) is 6.91. The van der Waals surface area contributed by atoms with Gasteiger partial charge in [0.15, 0.2) is 5.76 Å². The third-order valence-electron chi connectivity index (χ3n) is 5.46. The lowest BCUT2D eigenvalue weighted by molar-refractivity contribution is 0.0659. The summed E-state index contributed by atoms with van der Waals surface area (Å²) in [6.45, 7) is 0.656. The summed E-state index contributed by atoms with van der Waals surface area (Å²) in [7, 11) is 0. The molecule has 0 radical (unpaired) electrons. The monoisotopic (exact) mass is 388 g/mol. The molecule has 140 valence electrons. The first-order valence-corrected chi connectivity index (χ1v) is 10.6. The normalized spacial score (nSPS) is 16.3. The number of amides is 1. The second-order valence-electron chi connectivity index (χ2n) is 6.96. The van der Waals surface area contributed by atoms with Crippen LogP contribution in [-0.4, -0.2) is 28.6 Å². The molecule has 4 nitrogen and oxygen atoms in total. The number of benzene rings is 2. The van der Waals surface area contributed by atoms with E-state index >= 15 is 0 Å². The number of nitrogens with one attached hydrogen (secondary N) is 1. The number of hydrogen-bond acceptors (Lipinski definition) is 3. The van der Waals surface area contributed by atoms with Crippen LogP contribution in [-0.2, 0) is 6.42 Å². The van der Waals surface area contributed by atoms with Crippen molar-refractivity contribution in [3.8, 4) is 0 Å². The van der Waals surface area contributed by atoms with Crippen molar-refractivity contribution in [3.05, 3.63) is 89.5 Å². The van der Waals surface area contributed by atoms with E-state index < -0.39 is 0 Å². The van der Waals surface area contributed by atoms with Crippen molar-refractivity contribution in [1.82, 2.24) is 9.88 Å². The molecular formula is C23H20N2O2S. The number of thioether (sulfide) groups is 1. The van der Waals surface area contributed by atoms with Crippen molar-refractivity contribution in [2.45, 2.75) is 17.4 Å². The maximum Gasteiger partial charge on any atom is 0.290 e. The molecule has 0 saturated heterocycles. The molecular weight excluding hydrogens is 368 g/mol. The molecule has 4 aromatic rings. The highest BCUT2D eigenvalue weighted by molar-refractivity contribution is 7.98. The number of hydrogen-bond donors (Lipinski definition) is 1. The largest absolute Gasteiger partial charge is 0.459 e. The molecule has 0 spiro atoms. The highest BCUT2D eigenvalue weighted by Crippen LogP contribution is 2.39. The summed E-state index contributed by atoms with van der Waals surface area (Å²) in [5.74, 6) is 0.304. The van der Waals surface area contributed by atoms with Gasteiger partial charge in [0.05, 0.1) is 12.3 Å². The van der Waals surface area contributed by atoms with E-state index in [0.29, 0.717) is 12.3 Å². The Morgan fingerprint density at radius 1 is 1.11 bits per heavy atom. The molecule has 2 aromatic carbocycles. The van der Waals surface area contributed by atoms with E-state index in [4.69, 9.17) is 4.42 Å². The lowest BCUT2D eigenvalue weighted by atomic mass is 9.92. The van der Waals surface area contributed by atoms with Crippen molar-refractivity contribution < 1.29 is 9.21 Å². The number of fused-ring (bicyclic) bond motifs is 3. The van der Waals surface area contributed by atoms with Gasteiger partial charge in [-0.1, -0.05) is 30.3 Å². The summed E-state index contributed by atoms with van der Waals surface area (Å²) in [6.07, 6.45) is 4.44. The lowest BCUT2D eigenvalue weighted by Crippen LogP contribution is -2.40. The van der Waals surface area contributed by atoms with Crippen LogP contribution >= 0.6 is 11.8 Å². The molecule has 0 fully saturated rings. The van der Waals surface area contributed by atoms with E-state index in [2.05, 4.69) is 53.7 Å². The molecule has 1 aliphatic heterocycles. The number of aromatic amines is 1. The molecule has 2 aromatic heterocycles. The molecule has 0 bridgehead atoms. The Morgan fingerprint density at radius 3 is 2.68 bits per heavy atom. The van der Waals surface area contributed by atoms with Gasteiger partial charge in [-0.2, -0.15) is 0 Å². The number of aromatic nitrogens is 1. The van der Waals surface area contributed by atoms with Gasteiger partial charge in [-0.3, -0.25) is 4.79 Å². The van der Waals surface area contributed by atoms with Crippen LogP contribution < -0.4 is 0 Å². The zero-order valence-corrected chi connectivity index (χ0v) is 16.3. The van der Waals surface area contributed by atoms with Gasteiger partial charge in [0.1, 0.15) is 0 Å². The molecule has 28 heavy (non-hydrogen) atoms. The van der Waals surface area contributed by atoms with Crippen LogP contribution in [0.4, 0.5) is 0 Å². The van der Waals surface area contributed by atoms with Crippen LogP contribution in [0, 0.1) is 0 Å². The Morgan fingerprint density at radius 2 is 1.93 bits per heavy atom. The first kappa shape index (κ1) is 17.2. The van der Waals surface area contributed by atoms with Gasteiger partial charge in [0.25, 0.3) is 5.91 Å². The minimum Gasteiger partial charge on any atom is -0.459 e. The Kier molecular flexibility index (Phi) is 4.24. The predicted molar refractivity (Wildman–Crippen MR) is 112 cm³/mol. The van der Waals surface area contributed by atoms with Gasteiger partial charge in [-0.05, 0) is 54.1 Å². The third kappa shape index (κ3) is 2.74. The van der Waals surface area contributed by atoms with Gasteiger partial charge in [-0.15, -0.1) is 11.8 Å². The summed E-state index contributed by atoms with van der Waals surface area (Å²) in [5.41, 5.74) is 4.62. The minimum atomic E-state index is -0.162. The molecule has 3 heterocycles. The third-order valence-corrected chi connectivity index (χ3v) is 6.20. The maximum absolute atomic E-state index is 13.2.